The highest BCUT2D eigenvalue weighted by Gasteiger charge is 2.42. The molecular formula is C13H18N4O3S. The summed E-state index contributed by atoms with van der Waals surface area (Å²) in [5.41, 5.74) is 2.48. The Balaban J connectivity index is 1.70. The first-order valence-electron chi connectivity index (χ1n) is 6.82. The second kappa shape index (κ2) is 4.88. The zero-order valence-corrected chi connectivity index (χ0v) is 12.3. The summed E-state index contributed by atoms with van der Waals surface area (Å²) in [5, 5.41) is 8.23. The monoisotopic (exact) mass is 310 g/mol. The average Bonchev–Trinajstić information content (AvgIpc) is 2.77. The van der Waals surface area contributed by atoms with Crippen molar-refractivity contribution in [3.63, 3.8) is 0 Å². The Morgan fingerprint density at radius 1 is 1.29 bits per heavy atom. The zero-order chi connectivity index (χ0) is 15.1. The van der Waals surface area contributed by atoms with Gasteiger partial charge in [-0.15, -0.1) is 0 Å². The van der Waals surface area contributed by atoms with Gasteiger partial charge in [0.15, 0.2) is 0 Å². The highest BCUT2D eigenvalue weighted by atomic mass is 32.2. The summed E-state index contributed by atoms with van der Waals surface area (Å²) >= 11 is 0. The molecule has 2 aliphatic rings. The lowest BCUT2D eigenvalue weighted by Crippen LogP contribution is -2.51. The first-order valence-corrected chi connectivity index (χ1v) is 8.37. The third-order valence-corrected chi connectivity index (χ3v) is 4.81. The predicted molar refractivity (Wildman–Crippen MR) is 79.1 cm³/mol. The Kier molecular flexibility index (Phi) is 3.29. The number of nitrogens with one attached hydrogen (secondary N) is 2. The number of piperidine rings is 1. The van der Waals surface area contributed by atoms with E-state index in [1.54, 1.807) is 0 Å². The lowest BCUT2D eigenvalue weighted by atomic mass is 9.74. The zero-order valence-electron chi connectivity index (χ0n) is 11.5. The molecule has 114 valence electrons. The summed E-state index contributed by atoms with van der Waals surface area (Å²) in [6.07, 6.45) is 1.60. The minimum absolute atomic E-state index is 0.0367. The first-order chi connectivity index (χ1) is 9.90. The molecule has 0 aromatic heterocycles. The Hall–Kier alpha value is -1.80. The van der Waals surface area contributed by atoms with Crippen molar-refractivity contribution in [3.05, 3.63) is 29.8 Å². The number of hydrogen-bond donors (Lipinski definition) is 3. The van der Waals surface area contributed by atoms with Gasteiger partial charge in [0.05, 0.1) is 0 Å². The van der Waals surface area contributed by atoms with Crippen molar-refractivity contribution in [1.29, 1.82) is 0 Å². The number of amides is 2. The summed E-state index contributed by atoms with van der Waals surface area (Å²) in [4.78, 5) is 13.3. The van der Waals surface area contributed by atoms with Gasteiger partial charge in [-0.05, 0) is 24.5 Å². The molecule has 0 atom stereocenters. The van der Waals surface area contributed by atoms with Crippen LogP contribution in [0, 0.1) is 0 Å². The maximum atomic E-state index is 11.8. The van der Waals surface area contributed by atoms with Crippen LogP contribution in [0.25, 0.3) is 0 Å². The number of para-hydroxylation sites is 1. The van der Waals surface area contributed by atoms with E-state index in [2.05, 4.69) is 17.4 Å². The highest BCUT2D eigenvalue weighted by Crippen LogP contribution is 2.43. The molecule has 1 fully saturated rings. The Labute approximate surface area is 123 Å². The number of carbonyl (C=O) groups is 1. The molecule has 21 heavy (non-hydrogen) atoms. The fourth-order valence-corrected chi connectivity index (χ4v) is 3.60. The van der Waals surface area contributed by atoms with Crippen LogP contribution in [0.4, 0.5) is 10.5 Å². The molecule has 0 aliphatic carbocycles. The molecule has 7 nitrogen and oxygen atoms in total. The normalized spacial score (nSPS) is 20.0. The van der Waals surface area contributed by atoms with Gasteiger partial charge in [-0.25, -0.2) is 14.7 Å². The van der Waals surface area contributed by atoms with Crippen LogP contribution in [0.5, 0.6) is 0 Å². The van der Waals surface area contributed by atoms with Crippen LogP contribution in [-0.4, -0.2) is 39.0 Å². The van der Waals surface area contributed by atoms with Crippen molar-refractivity contribution in [1.82, 2.24) is 9.62 Å². The molecular weight excluding hydrogens is 292 g/mol. The molecule has 1 saturated heterocycles. The maximum Gasteiger partial charge on any atom is 0.332 e. The molecule has 1 spiro atoms. The van der Waals surface area contributed by atoms with Crippen molar-refractivity contribution in [2.24, 2.45) is 5.14 Å². The molecule has 4 N–H and O–H groups in total. The predicted octanol–water partition coefficient (Wildman–Crippen LogP) is 0.359. The lowest BCUT2D eigenvalue weighted by Gasteiger charge is -2.39. The minimum Gasteiger partial charge on any atom is -0.384 e. The summed E-state index contributed by atoms with van der Waals surface area (Å²) in [6, 6.07) is 7.55. The van der Waals surface area contributed by atoms with Crippen LogP contribution in [-0.2, 0) is 15.6 Å². The van der Waals surface area contributed by atoms with E-state index in [0.29, 0.717) is 13.1 Å². The van der Waals surface area contributed by atoms with Gasteiger partial charge in [0.1, 0.15) is 0 Å². The van der Waals surface area contributed by atoms with Gasteiger partial charge in [-0.2, -0.15) is 8.42 Å². The smallest absolute Gasteiger partial charge is 0.332 e. The number of likely N-dealkylation sites (tertiary alicyclic amines) is 1. The number of hydrogen-bond acceptors (Lipinski definition) is 4. The summed E-state index contributed by atoms with van der Waals surface area (Å²) in [7, 11) is -4.00. The standard InChI is InChI=1S/C13H18N4O3S/c14-21(19,20)16-12(18)17-7-5-13(6-8-17)9-15-11-4-2-1-3-10(11)13/h1-4,15H,5-9H2,(H,16,18)(H2,14,19,20). The quantitative estimate of drug-likeness (QED) is 0.696. The molecule has 1 aromatic rings. The minimum atomic E-state index is -4.00. The number of anilines is 1. The first kappa shape index (κ1) is 14.2. The van der Waals surface area contributed by atoms with Crippen molar-refractivity contribution in [2.45, 2.75) is 18.3 Å². The number of benzene rings is 1. The number of rotatable bonds is 1. The van der Waals surface area contributed by atoms with Crippen LogP contribution >= 0.6 is 0 Å². The number of nitrogens with two attached hydrogens (primary N) is 1. The van der Waals surface area contributed by atoms with Crippen LogP contribution in [0.3, 0.4) is 0 Å². The Bertz CT molecular complexity index is 666. The molecule has 0 bridgehead atoms. The van der Waals surface area contributed by atoms with E-state index in [1.165, 1.54) is 10.5 Å². The SMILES string of the molecule is NS(=O)(=O)NC(=O)N1CCC2(CC1)CNc1ccccc12. The Morgan fingerprint density at radius 2 is 1.95 bits per heavy atom. The second-order valence-corrected chi connectivity index (χ2v) is 6.91. The van der Waals surface area contributed by atoms with Gasteiger partial charge >= 0.3 is 6.03 Å². The molecule has 8 heteroatoms. The maximum absolute atomic E-state index is 11.8. The van der Waals surface area contributed by atoms with Gasteiger partial charge in [-0.1, -0.05) is 18.2 Å². The molecule has 2 aliphatic heterocycles. The van der Waals surface area contributed by atoms with E-state index in [4.69, 9.17) is 5.14 Å². The topological polar surface area (TPSA) is 105 Å². The fraction of sp³-hybridized carbons (Fsp3) is 0.462. The number of fused-ring (bicyclic) bond motifs is 2. The van der Waals surface area contributed by atoms with E-state index in [0.717, 1.165) is 25.1 Å². The number of urea groups is 1. The lowest BCUT2D eigenvalue weighted by molar-refractivity contribution is 0.168. The molecule has 3 rings (SSSR count). The largest absolute Gasteiger partial charge is 0.384 e. The van der Waals surface area contributed by atoms with Gasteiger partial charge in [0.2, 0.25) is 0 Å². The van der Waals surface area contributed by atoms with Gasteiger partial charge < -0.3 is 10.2 Å². The third kappa shape index (κ3) is 2.68. The van der Waals surface area contributed by atoms with Gasteiger partial charge in [-0.3, -0.25) is 0 Å². The average molecular weight is 310 g/mol. The van der Waals surface area contributed by atoms with E-state index < -0.39 is 16.2 Å². The van der Waals surface area contributed by atoms with Gasteiger partial charge in [0, 0.05) is 30.7 Å². The fourth-order valence-electron chi connectivity index (χ4n) is 3.23. The third-order valence-electron chi connectivity index (χ3n) is 4.35. The number of nitrogens with zero attached hydrogens (tertiary/aromatic N) is 1. The molecule has 0 saturated carbocycles. The molecule has 1 aromatic carbocycles. The van der Waals surface area contributed by atoms with Crippen molar-refractivity contribution in [2.75, 3.05) is 25.0 Å². The summed E-state index contributed by atoms with van der Waals surface area (Å²) in [5.74, 6) is 0. The van der Waals surface area contributed by atoms with Crippen LogP contribution in [0.15, 0.2) is 24.3 Å². The highest BCUT2D eigenvalue weighted by molar-refractivity contribution is 7.87. The molecule has 2 heterocycles. The second-order valence-electron chi connectivity index (χ2n) is 5.62. The van der Waals surface area contributed by atoms with Crippen LogP contribution < -0.4 is 15.2 Å². The van der Waals surface area contributed by atoms with Crippen LogP contribution in [0.1, 0.15) is 18.4 Å². The Morgan fingerprint density at radius 3 is 2.62 bits per heavy atom. The van der Waals surface area contributed by atoms with E-state index in [1.807, 2.05) is 16.9 Å². The molecule has 0 radical (unpaired) electrons. The van der Waals surface area contributed by atoms with E-state index in [9.17, 15) is 13.2 Å². The summed E-state index contributed by atoms with van der Waals surface area (Å²) in [6.45, 7) is 1.88. The summed E-state index contributed by atoms with van der Waals surface area (Å²) < 4.78 is 23.6. The van der Waals surface area contributed by atoms with Gasteiger partial charge in [0.25, 0.3) is 10.2 Å². The molecule has 0 unspecified atom stereocenters. The van der Waals surface area contributed by atoms with Crippen LogP contribution in [0.2, 0.25) is 0 Å². The molecule has 2 amide bonds. The van der Waals surface area contributed by atoms with E-state index >= 15 is 0 Å². The van der Waals surface area contributed by atoms with Crippen molar-refractivity contribution >= 4 is 21.9 Å². The van der Waals surface area contributed by atoms with Crippen molar-refractivity contribution in [3.8, 4) is 0 Å². The van der Waals surface area contributed by atoms with Crippen molar-refractivity contribution < 1.29 is 13.2 Å². The number of carbonyl (C=O) groups excluding carboxylic acids is 1. The van der Waals surface area contributed by atoms with E-state index in [-0.39, 0.29) is 5.41 Å².